The van der Waals surface area contributed by atoms with E-state index in [0.29, 0.717) is 60.4 Å². The number of morpholine rings is 1. The van der Waals surface area contributed by atoms with E-state index in [2.05, 4.69) is 25.7 Å². The van der Waals surface area contributed by atoms with E-state index in [1.807, 2.05) is 0 Å². The molecule has 0 aromatic rings. The maximum atomic E-state index is 12.7. The van der Waals surface area contributed by atoms with Gasteiger partial charge in [0.05, 0.1) is 62.7 Å². The van der Waals surface area contributed by atoms with Crippen molar-refractivity contribution in [3.63, 3.8) is 0 Å². The van der Waals surface area contributed by atoms with Crippen LogP contribution in [0.15, 0.2) is 0 Å². The van der Waals surface area contributed by atoms with Gasteiger partial charge in [-0.3, -0.25) is 9.69 Å². The average molecular weight is 658 g/mol. The normalized spacial score (nSPS) is 51.0. The third-order valence-corrected chi connectivity index (χ3v) is 16.1. The summed E-state index contributed by atoms with van der Waals surface area (Å²) in [5.74, 6) is 1.74. The first-order chi connectivity index (χ1) is 22.7. The lowest BCUT2D eigenvalue weighted by Crippen LogP contribution is -2.58. The molecule has 1 N–H and O–H groups in total. The number of carbonyl (C=O) groups excluding carboxylic acids is 1. The molecule has 4 saturated heterocycles. The fourth-order valence-electron chi connectivity index (χ4n) is 13.6. The van der Waals surface area contributed by atoms with Crippen LogP contribution in [0.4, 0.5) is 0 Å². The third-order valence-electron chi connectivity index (χ3n) is 16.1. The number of esters is 1. The van der Waals surface area contributed by atoms with Gasteiger partial charge in [-0.25, -0.2) is 0 Å². The Labute approximate surface area is 281 Å². The first-order valence-corrected chi connectivity index (χ1v) is 19.3. The van der Waals surface area contributed by atoms with E-state index in [1.165, 1.54) is 38.5 Å². The Kier molecular flexibility index (Phi) is 7.93. The van der Waals surface area contributed by atoms with Crippen LogP contribution in [0.3, 0.4) is 0 Å². The molecule has 0 aromatic carbocycles. The largest absolute Gasteiger partial charge is 0.463 e. The molecule has 0 radical (unpaired) electrons. The van der Waals surface area contributed by atoms with Gasteiger partial charge in [0.25, 0.3) is 0 Å². The van der Waals surface area contributed by atoms with E-state index < -0.39 is 6.10 Å². The van der Waals surface area contributed by atoms with Crippen molar-refractivity contribution in [1.29, 1.82) is 0 Å². The predicted octanol–water partition coefficient (Wildman–Crippen LogP) is 4.58. The number of aliphatic hydroxyl groups is 1. The van der Waals surface area contributed by atoms with E-state index >= 15 is 0 Å². The Bertz CT molecular complexity index is 1200. The molecule has 264 valence electrons. The first kappa shape index (κ1) is 32.1. The number of aliphatic hydroxyl groups excluding tert-OH is 1. The summed E-state index contributed by atoms with van der Waals surface area (Å²) >= 11 is 0. The molecule has 9 heteroatoms. The molecule has 47 heavy (non-hydrogen) atoms. The summed E-state index contributed by atoms with van der Waals surface area (Å²) < 4.78 is 36.5. The summed E-state index contributed by atoms with van der Waals surface area (Å²) in [5.41, 5.74) is 0.960. The number of ether oxygens (including phenoxy) is 6. The number of carbonyl (C=O) groups is 1. The van der Waals surface area contributed by atoms with E-state index in [4.69, 9.17) is 28.4 Å². The molecule has 10 unspecified atom stereocenters. The molecule has 4 aliphatic heterocycles. The highest BCUT2D eigenvalue weighted by atomic mass is 16.7. The van der Waals surface area contributed by atoms with Gasteiger partial charge in [0.2, 0.25) is 0 Å². The fraction of sp³-hybridized carbons (Fsp3) is 0.974. The van der Waals surface area contributed by atoms with E-state index in [0.717, 1.165) is 65.0 Å². The summed E-state index contributed by atoms with van der Waals surface area (Å²) in [6.45, 7) is 13.3. The van der Waals surface area contributed by atoms with Crippen LogP contribution in [0.5, 0.6) is 0 Å². The minimum absolute atomic E-state index is 0.0545. The monoisotopic (exact) mass is 657 g/mol. The lowest BCUT2D eigenvalue weighted by atomic mass is 9.46. The van der Waals surface area contributed by atoms with Crippen molar-refractivity contribution in [2.75, 3.05) is 52.7 Å². The molecule has 9 nitrogen and oxygen atoms in total. The lowest BCUT2D eigenvalue weighted by molar-refractivity contribution is -0.254. The Morgan fingerprint density at radius 1 is 0.894 bits per heavy atom. The van der Waals surface area contributed by atoms with Gasteiger partial charge >= 0.3 is 5.97 Å². The van der Waals surface area contributed by atoms with Gasteiger partial charge in [-0.15, -0.1) is 0 Å². The van der Waals surface area contributed by atoms with Crippen LogP contribution in [0.2, 0.25) is 0 Å². The molecule has 2 spiro atoms. The first-order valence-electron chi connectivity index (χ1n) is 19.3. The lowest BCUT2D eigenvalue weighted by Gasteiger charge is -2.60. The third kappa shape index (κ3) is 4.82. The van der Waals surface area contributed by atoms with E-state index in [-0.39, 0.29) is 47.3 Å². The molecule has 0 bridgehead atoms. The van der Waals surface area contributed by atoms with Crippen molar-refractivity contribution in [3.8, 4) is 0 Å². The van der Waals surface area contributed by atoms with Gasteiger partial charge in [-0.05, 0) is 116 Å². The van der Waals surface area contributed by atoms with Crippen LogP contribution >= 0.6 is 0 Å². The molecule has 0 amide bonds. The van der Waals surface area contributed by atoms with Crippen LogP contribution < -0.4 is 0 Å². The Morgan fingerprint density at radius 3 is 2.49 bits per heavy atom. The smallest absolute Gasteiger partial charge is 0.309 e. The maximum absolute atomic E-state index is 12.7. The molecule has 5 saturated carbocycles. The quantitative estimate of drug-likeness (QED) is 0.412. The van der Waals surface area contributed by atoms with Gasteiger partial charge in [0, 0.05) is 19.8 Å². The van der Waals surface area contributed by atoms with Crippen LogP contribution in [-0.2, 0) is 33.2 Å². The standard InChI is InChI=1S/C38H59NO8/c1-35(2)28-7-6-26-31-32(40)33-27(5-4-25(46-33)21-45-34(41)23-9-15-42-16-10-23)36(31,3)12-13-37(26)22-38(28,37)11-8-29(35)47-30-18-39(14-17-44-30)24-19-43-20-24/h23-33,40H,4-22H2,1-3H3/t25?,26?,27?,28?,29?,30?,31?,32?,33?,36?,37-,38+/m0/s1. The molecule has 4 heterocycles. The zero-order chi connectivity index (χ0) is 32.2. The minimum Gasteiger partial charge on any atom is -0.463 e. The van der Waals surface area contributed by atoms with Crippen LogP contribution in [0.25, 0.3) is 0 Å². The van der Waals surface area contributed by atoms with Crippen molar-refractivity contribution >= 4 is 5.97 Å². The number of hydrogen-bond acceptors (Lipinski definition) is 9. The molecule has 0 aromatic heterocycles. The Morgan fingerprint density at radius 2 is 1.70 bits per heavy atom. The zero-order valence-electron chi connectivity index (χ0n) is 29.0. The van der Waals surface area contributed by atoms with Gasteiger partial charge in [0.15, 0.2) is 6.29 Å². The Balaban J connectivity index is 0.867. The molecule has 9 fully saturated rings. The highest BCUT2D eigenvalue weighted by Gasteiger charge is 2.81. The maximum Gasteiger partial charge on any atom is 0.309 e. The Hall–Kier alpha value is -0.810. The van der Waals surface area contributed by atoms with Gasteiger partial charge in [-0.1, -0.05) is 20.8 Å². The molecule has 9 aliphatic rings. The summed E-state index contributed by atoms with van der Waals surface area (Å²) in [7, 11) is 0. The van der Waals surface area contributed by atoms with Crippen LogP contribution in [0, 0.1) is 51.2 Å². The molecular weight excluding hydrogens is 598 g/mol. The fourth-order valence-corrected chi connectivity index (χ4v) is 13.6. The summed E-state index contributed by atoms with van der Waals surface area (Å²) in [5, 5.41) is 12.2. The van der Waals surface area contributed by atoms with Crippen molar-refractivity contribution in [2.24, 2.45) is 51.2 Å². The van der Waals surface area contributed by atoms with Crippen molar-refractivity contribution < 1.29 is 38.3 Å². The van der Waals surface area contributed by atoms with Crippen LogP contribution in [-0.4, -0.2) is 105 Å². The zero-order valence-corrected chi connectivity index (χ0v) is 29.0. The molecule has 12 atom stereocenters. The van der Waals surface area contributed by atoms with E-state index in [1.54, 1.807) is 0 Å². The highest BCUT2D eigenvalue weighted by molar-refractivity contribution is 5.72. The van der Waals surface area contributed by atoms with Crippen molar-refractivity contribution in [3.05, 3.63) is 0 Å². The van der Waals surface area contributed by atoms with E-state index in [9.17, 15) is 9.90 Å². The van der Waals surface area contributed by atoms with Gasteiger partial charge < -0.3 is 33.5 Å². The SMILES string of the molecule is CC1(C)C(OC2CN(C3COC3)CCO2)CC[C@]23C[C@]24CCC2(C)C5CCC(COC(=O)C6CCOCC6)OC5C(O)C2C4CCC13. The summed E-state index contributed by atoms with van der Waals surface area (Å²) in [6.07, 6.45) is 11.5. The second-order valence-corrected chi connectivity index (χ2v) is 18.1. The van der Waals surface area contributed by atoms with Gasteiger partial charge in [-0.2, -0.15) is 0 Å². The van der Waals surface area contributed by atoms with Crippen molar-refractivity contribution in [1.82, 2.24) is 4.90 Å². The highest BCUT2D eigenvalue weighted by Crippen LogP contribution is 2.87. The molecule has 5 aliphatic carbocycles. The molecular formula is C38H59NO8. The second-order valence-electron chi connectivity index (χ2n) is 18.1. The predicted molar refractivity (Wildman–Crippen MR) is 172 cm³/mol. The topological polar surface area (TPSA) is 95.9 Å². The number of rotatable bonds is 6. The van der Waals surface area contributed by atoms with Crippen molar-refractivity contribution in [2.45, 2.75) is 128 Å². The second kappa shape index (κ2) is 11.6. The minimum atomic E-state index is -0.435. The molecule has 9 rings (SSSR count). The number of hydrogen-bond donors (Lipinski definition) is 1. The van der Waals surface area contributed by atoms with Crippen LogP contribution in [0.1, 0.15) is 91.4 Å². The number of nitrogens with zero attached hydrogens (tertiary/aromatic N) is 1. The summed E-state index contributed by atoms with van der Waals surface area (Å²) in [4.78, 5) is 15.2. The van der Waals surface area contributed by atoms with Gasteiger partial charge in [0.1, 0.15) is 6.61 Å². The number of fused-ring (bicyclic) bond motifs is 4. The average Bonchev–Trinajstić information content (AvgIpc) is 3.66. The summed E-state index contributed by atoms with van der Waals surface area (Å²) in [6, 6.07) is 0.525.